The molecule has 17 heavy (non-hydrogen) atoms. The van der Waals surface area contributed by atoms with E-state index in [9.17, 15) is 4.79 Å². The van der Waals surface area contributed by atoms with E-state index in [1.165, 1.54) is 6.42 Å². The maximum absolute atomic E-state index is 12.1. The van der Waals surface area contributed by atoms with Gasteiger partial charge in [0, 0.05) is 12.2 Å². The molecule has 0 unspecified atom stereocenters. The van der Waals surface area contributed by atoms with Crippen LogP contribution in [0.1, 0.15) is 49.1 Å². The Bertz CT molecular complexity index is 379. The third-order valence-electron chi connectivity index (χ3n) is 3.53. The lowest BCUT2D eigenvalue weighted by molar-refractivity contribution is 0.0899. The Kier molecular flexibility index (Phi) is 3.84. The summed E-state index contributed by atoms with van der Waals surface area (Å²) in [4.78, 5) is 12.1. The van der Waals surface area contributed by atoms with Crippen molar-refractivity contribution < 1.29 is 9.90 Å². The van der Waals surface area contributed by atoms with E-state index in [1.54, 1.807) is 0 Å². The monoisotopic (exact) mass is 236 g/mol. The van der Waals surface area contributed by atoms with Crippen LogP contribution >= 0.6 is 0 Å². The highest BCUT2D eigenvalue weighted by Gasteiger charge is 2.23. The maximum Gasteiger partial charge on any atom is 0.268 e. The van der Waals surface area contributed by atoms with Crippen LogP contribution in [-0.4, -0.2) is 28.2 Å². The Morgan fingerprint density at radius 2 is 2.41 bits per heavy atom. The van der Waals surface area contributed by atoms with E-state index in [-0.39, 0.29) is 18.6 Å². The number of carbonyl (C=O) groups excluding carboxylic acids is 1. The van der Waals surface area contributed by atoms with E-state index < -0.39 is 0 Å². The molecule has 1 aromatic rings. The number of nitrogens with one attached hydrogen (secondary N) is 1. The molecular weight excluding hydrogens is 216 g/mol. The van der Waals surface area contributed by atoms with Gasteiger partial charge < -0.3 is 15.0 Å². The maximum atomic E-state index is 12.1. The molecule has 1 aliphatic carbocycles. The molecule has 0 aliphatic heterocycles. The van der Waals surface area contributed by atoms with E-state index >= 15 is 0 Å². The molecule has 4 nitrogen and oxygen atoms in total. The first kappa shape index (κ1) is 12.2. The van der Waals surface area contributed by atoms with E-state index in [2.05, 4.69) is 9.88 Å². The van der Waals surface area contributed by atoms with Gasteiger partial charge in [0.05, 0.1) is 12.6 Å². The smallest absolute Gasteiger partial charge is 0.268 e. The van der Waals surface area contributed by atoms with Gasteiger partial charge in [-0.1, -0.05) is 6.92 Å². The number of aromatic nitrogens is 1. The second-order valence-corrected chi connectivity index (χ2v) is 4.65. The van der Waals surface area contributed by atoms with Crippen LogP contribution in [-0.2, 0) is 0 Å². The highest BCUT2D eigenvalue weighted by molar-refractivity contribution is 5.93. The number of aliphatic hydroxyl groups excluding tert-OH is 1. The van der Waals surface area contributed by atoms with Gasteiger partial charge in [-0.15, -0.1) is 0 Å². The fourth-order valence-corrected chi connectivity index (χ4v) is 2.11. The highest BCUT2D eigenvalue weighted by atomic mass is 16.3. The van der Waals surface area contributed by atoms with Crippen molar-refractivity contribution in [3.8, 4) is 0 Å². The molecule has 2 rings (SSSR count). The molecule has 1 saturated carbocycles. The third kappa shape index (κ3) is 2.52. The Morgan fingerprint density at radius 3 is 2.94 bits per heavy atom. The quantitative estimate of drug-likeness (QED) is 0.817. The van der Waals surface area contributed by atoms with Crippen molar-refractivity contribution in [3.63, 3.8) is 0 Å². The molecule has 1 heterocycles. The molecule has 94 valence electrons. The second kappa shape index (κ2) is 5.36. The summed E-state index contributed by atoms with van der Waals surface area (Å²) in [5.74, 6) is -0.0807. The number of hydrogen-bond donors (Lipinski definition) is 2. The molecule has 1 aliphatic rings. The van der Waals surface area contributed by atoms with Gasteiger partial charge >= 0.3 is 0 Å². The zero-order valence-corrected chi connectivity index (χ0v) is 10.2. The molecule has 0 saturated heterocycles. The number of aliphatic hydroxyl groups is 1. The SMILES string of the molecule is CC[C@H](CO)NC(=O)c1cccn1C1CCC1. The van der Waals surface area contributed by atoms with Crippen molar-refractivity contribution in [3.05, 3.63) is 24.0 Å². The highest BCUT2D eigenvalue weighted by Crippen LogP contribution is 2.32. The molecular formula is C13H20N2O2. The minimum atomic E-state index is -0.146. The van der Waals surface area contributed by atoms with Crippen LogP contribution < -0.4 is 5.32 Å². The van der Waals surface area contributed by atoms with Gasteiger partial charge in [-0.05, 0) is 37.8 Å². The Balaban J connectivity index is 2.05. The Labute approximate surface area is 102 Å². The van der Waals surface area contributed by atoms with Crippen molar-refractivity contribution in [2.45, 2.75) is 44.7 Å². The third-order valence-corrected chi connectivity index (χ3v) is 3.53. The van der Waals surface area contributed by atoms with Crippen LogP contribution in [0.5, 0.6) is 0 Å². The lowest BCUT2D eigenvalue weighted by Crippen LogP contribution is -2.38. The summed E-state index contributed by atoms with van der Waals surface area (Å²) in [5.41, 5.74) is 0.710. The zero-order chi connectivity index (χ0) is 12.3. The van der Waals surface area contributed by atoms with Crippen LogP contribution in [0.4, 0.5) is 0 Å². The van der Waals surface area contributed by atoms with Crippen LogP contribution in [0.25, 0.3) is 0 Å². The summed E-state index contributed by atoms with van der Waals surface area (Å²) < 4.78 is 2.06. The molecule has 1 amide bonds. The van der Waals surface area contributed by atoms with Crippen LogP contribution in [0.2, 0.25) is 0 Å². The number of nitrogens with zero attached hydrogens (tertiary/aromatic N) is 1. The van der Waals surface area contributed by atoms with Crippen LogP contribution in [0.3, 0.4) is 0 Å². The summed E-state index contributed by atoms with van der Waals surface area (Å²) in [6.45, 7) is 1.94. The van der Waals surface area contributed by atoms with Crippen molar-refractivity contribution >= 4 is 5.91 Å². The van der Waals surface area contributed by atoms with Crippen molar-refractivity contribution in [1.82, 2.24) is 9.88 Å². The fraction of sp³-hybridized carbons (Fsp3) is 0.615. The largest absolute Gasteiger partial charge is 0.394 e. The molecule has 1 fully saturated rings. The van der Waals surface area contributed by atoms with E-state index in [4.69, 9.17) is 5.11 Å². The number of rotatable bonds is 5. The lowest BCUT2D eigenvalue weighted by Gasteiger charge is -2.29. The topological polar surface area (TPSA) is 54.3 Å². The van der Waals surface area contributed by atoms with Gasteiger partial charge in [0.25, 0.3) is 5.91 Å². The summed E-state index contributed by atoms with van der Waals surface area (Å²) in [5, 5.41) is 11.9. The van der Waals surface area contributed by atoms with Crippen molar-refractivity contribution in [2.75, 3.05) is 6.61 Å². The lowest BCUT2D eigenvalue weighted by atomic mass is 9.93. The summed E-state index contributed by atoms with van der Waals surface area (Å²) in [6.07, 6.45) is 6.28. The predicted octanol–water partition coefficient (Wildman–Crippen LogP) is 1.71. The van der Waals surface area contributed by atoms with E-state index in [0.717, 1.165) is 19.3 Å². The number of amides is 1. The van der Waals surface area contributed by atoms with Crippen LogP contribution in [0.15, 0.2) is 18.3 Å². The molecule has 4 heteroatoms. The van der Waals surface area contributed by atoms with E-state index in [1.807, 2.05) is 25.3 Å². The molecule has 1 atom stereocenters. The van der Waals surface area contributed by atoms with Gasteiger partial charge in [-0.25, -0.2) is 0 Å². The molecule has 0 spiro atoms. The van der Waals surface area contributed by atoms with Crippen LogP contribution in [0, 0.1) is 0 Å². The van der Waals surface area contributed by atoms with Gasteiger partial charge in [0.15, 0.2) is 0 Å². The first-order valence-corrected chi connectivity index (χ1v) is 6.34. The van der Waals surface area contributed by atoms with Gasteiger partial charge in [0.2, 0.25) is 0 Å². The standard InChI is InChI=1S/C13H20N2O2/c1-2-10(9-16)14-13(17)12-7-4-8-15(12)11-5-3-6-11/h4,7-8,10-11,16H,2-3,5-6,9H2,1H3,(H,14,17)/t10-/m1/s1. The minimum Gasteiger partial charge on any atom is -0.394 e. The summed E-state index contributed by atoms with van der Waals surface area (Å²) in [6, 6.07) is 4.09. The van der Waals surface area contributed by atoms with E-state index in [0.29, 0.717) is 11.7 Å². The first-order chi connectivity index (χ1) is 8.26. The first-order valence-electron chi connectivity index (χ1n) is 6.34. The summed E-state index contributed by atoms with van der Waals surface area (Å²) >= 11 is 0. The number of carbonyl (C=O) groups is 1. The summed E-state index contributed by atoms with van der Waals surface area (Å²) in [7, 11) is 0. The molecule has 2 N–H and O–H groups in total. The molecule has 1 aromatic heterocycles. The average molecular weight is 236 g/mol. The van der Waals surface area contributed by atoms with Crippen molar-refractivity contribution in [2.24, 2.45) is 0 Å². The van der Waals surface area contributed by atoms with Gasteiger partial charge in [-0.2, -0.15) is 0 Å². The predicted molar refractivity (Wildman–Crippen MR) is 66.0 cm³/mol. The fourth-order valence-electron chi connectivity index (χ4n) is 2.11. The normalized spacial score (nSPS) is 17.5. The molecule has 0 radical (unpaired) electrons. The molecule has 0 aromatic carbocycles. The average Bonchev–Trinajstić information content (AvgIpc) is 2.72. The zero-order valence-electron chi connectivity index (χ0n) is 10.2. The van der Waals surface area contributed by atoms with Gasteiger partial charge in [0.1, 0.15) is 5.69 Å². The minimum absolute atomic E-state index is 0.00756. The van der Waals surface area contributed by atoms with Crippen molar-refractivity contribution in [1.29, 1.82) is 0 Å². The van der Waals surface area contributed by atoms with Gasteiger partial charge in [-0.3, -0.25) is 4.79 Å². The number of hydrogen-bond acceptors (Lipinski definition) is 2. The second-order valence-electron chi connectivity index (χ2n) is 4.65. The Morgan fingerprint density at radius 1 is 1.65 bits per heavy atom. The molecule has 0 bridgehead atoms. The Hall–Kier alpha value is -1.29.